The Labute approximate surface area is 181 Å². The number of carbonyl (C=O) groups is 2. The zero-order valence-electron chi connectivity index (χ0n) is 18.1. The average molecular weight is 403 g/mol. The predicted octanol–water partition coefficient (Wildman–Crippen LogP) is 7.63. The molecule has 2 nitrogen and oxygen atoms in total. The number of benzene rings is 2. The molecule has 0 aromatic heterocycles. The predicted molar refractivity (Wildman–Crippen MR) is 122 cm³/mol. The van der Waals surface area contributed by atoms with Gasteiger partial charge in [-0.3, -0.25) is 9.59 Å². The monoisotopic (exact) mass is 402 g/mol. The number of hydrogen-bond donors (Lipinski definition) is 0. The maximum Gasteiger partial charge on any atom is 0.163 e. The van der Waals surface area contributed by atoms with E-state index in [0.717, 1.165) is 11.1 Å². The van der Waals surface area contributed by atoms with Crippen molar-refractivity contribution in [3.05, 3.63) is 70.8 Å². The van der Waals surface area contributed by atoms with Crippen LogP contribution < -0.4 is 0 Å². The van der Waals surface area contributed by atoms with E-state index in [1.165, 1.54) is 75.3 Å². The molecule has 2 aromatic carbocycles. The summed E-state index contributed by atoms with van der Waals surface area (Å²) in [5.41, 5.74) is 4.19. The second-order valence-corrected chi connectivity index (χ2v) is 9.26. The molecule has 2 aromatic rings. The van der Waals surface area contributed by atoms with Crippen molar-refractivity contribution in [3.8, 4) is 0 Å². The third-order valence-corrected chi connectivity index (χ3v) is 7.20. The van der Waals surface area contributed by atoms with Crippen LogP contribution in [0.25, 0.3) is 0 Å². The summed E-state index contributed by atoms with van der Waals surface area (Å²) in [6.45, 7) is 0. The van der Waals surface area contributed by atoms with E-state index in [9.17, 15) is 9.59 Å². The normalized spacial score (nSPS) is 18.3. The van der Waals surface area contributed by atoms with E-state index in [-0.39, 0.29) is 24.4 Å². The van der Waals surface area contributed by atoms with E-state index in [2.05, 4.69) is 24.3 Å². The van der Waals surface area contributed by atoms with E-state index in [1.807, 2.05) is 24.3 Å². The molecule has 0 unspecified atom stereocenters. The van der Waals surface area contributed by atoms with E-state index < -0.39 is 0 Å². The molecule has 0 radical (unpaired) electrons. The van der Waals surface area contributed by atoms with Gasteiger partial charge in [-0.2, -0.15) is 0 Å². The third-order valence-electron chi connectivity index (χ3n) is 7.20. The summed E-state index contributed by atoms with van der Waals surface area (Å²) in [5, 5.41) is 0. The van der Waals surface area contributed by atoms with Crippen molar-refractivity contribution < 1.29 is 9.59 Å². The number of ketones is 2. The second kappa shape index (κ2) is 10.2. The van der Waals surface area contributed by atoms with Crippen LogP contribution in [-0.4, -0.2) is 11.6 Å². The highest BCUT2D eigenvalue weighted by Crippen LogP contribution is 2.33. The summed E-state index contributed by atoms with van der Waals surface area (Å²) in [5.74, 6) is 1.44. The Kier molecular flexibility index (Phi) is 7.15. The Morgan fingerprint density at radius 3 is 1.20 bits per heavy atom. The molecule has 0 aliphatic heterocycles. The fourth-order valence-electron chi connectivity index (χ4n) is 5.27. The van der Waals surface area contributed by atoms with Crippen LogP contribution in [0, 0.1) is 0 Å². The largest absolute Gasteiger partial charge is 0.294 e. The third kappa shape index (κ3) is 5.28. The zero-order valence-corrected chi connectivity index (χ0v) is 18.1. The number of hydrogen-bond acceptors (Lipinski definition) is 2. The molecule has 4 rings (SSSR count). The summed E-state index contributed by atoms with van der Waals surface area (Å²) in [4.78, 5) is 25.2. The summed E-state index contributed by atoms with van der Waals surface area (Å²) in [6, 6.07) is 16.3. The van der Waals surface area contributed by atoms with Crippen molar-refractivity contribution in [2.24, 2.45) is 0 Å². The van der Waals surface area contributed by atoms with Crippen LogP contribution in [0.3, 0.4) is 0 Å². The molecule has 30 heavy (non-hydrogen) atoms. The first kappa shape index (κ1) is 21.0. The van der Waals surface area contributed by atoms with Crippen molar-refractivity contribution in [3.63, 3.8) is 0 Å². The Morgan fingerprint density at radius 1 is 0.533 bits per heavy atom. The van der Waals surface area contributed by atoms with Crippen LogP contribution in [0.2, 0.25) is 0 Å². The minimum Gasteiger partial charge on any atom is -0.294 e. The first-order valence-electron chi connectivity index (χ1n) is 12.0. The minimum absolute atomic E-state index is 0.0670. The Morgan fingerprint density at radius 2 is 0.867 bits per heavy atom. The van der Waals surface area contributed by atoms with Crippen LogP contribution in [-0.2, 0) is 0 Å². The Hall–Kier alpha value is -2.22. The van der Waals surface area contributed by atoms with Crippen LogP contribution in [0.4, 0.5) is 0 Å². The minimum atomic E-state index is 0.0670. The van der Waals surface area contributed by atoms with Gasteiger partial charge >= 0.3 is 0 Å². The molecule has 0 amide bonds. The topological polar surface area (TPSA) is 34.1 Å². The van der Waals surface area contributed by atoms with Crippen molar-refractivity contribution in [1.29, 1.82) is 0 Å². The summed E-state index contributed by atoms with van der Waals surface area (Å²) >= 11 is 0. The zero-order chi connectivity index (χ0) is 20.8. The first-order valence-corrected chi connectivity index (χ1v) is 12.0. The molecule has 2 aliphatic carbocycles. The van der Waals surface area contributed by atoms with Gasteiger partial charge in [0.1, 0.15) is 0 Å². The standard InChI is InChI=1S/C28H34O2/c29-27(25-15-11-23(12-16-25)21-7-3-1-4-8-21)19-20-28(30)26-17-13-24(14-18-26)22-9-5-2-6-10-22/h11-18,21-22H,1-10,19-20H2. The highest BCUT2D eigenvalue weighted by Gasteiger charge is 2.18. The van der Waals surface area contributed by atoms with E-state index >= 15 is 0 Å². The highest BCUT2D eigenvalue weighted by molar-refractivity contribution is 6.02. The lowest BCUT2D eigenvalue weighted by molar-refractivity contribution is 0.0917. The number of Topliss-reactive ketones (excluding diaryl/α,β-unsaturated/α-hetero) is 2. The average Bonchev–Trinajstić information content (AvgIpc) is 2.83. The van der Waals surface area contributed by atoms with E-state index in [0.29, 0.717) is 11.8 Å². The molecule has 2 aliphatic rings. The van der Waals surface area contributed by atoms with Gasteiger partial charge in [-0.15, -0.1) is 0 Å². The SMILES string of the molecule is O=C(CCC(=O)c1ccc(C2CCCCC2)cc1)c1ccc(C2CCCCC2)cc1. The van der Waals surface area contributed by atoms with Crippen LogP contribution in [0.5, 0.6) is 0 Å². The Balaban J connectivity index is 1.29. The van der Waals surface area contributed by atoms with Gasteiger partial charge in [0.15, 0.2) is 11.6 Å². The van der Waals surface area contributed by atoms with Crippen molar-refractivity contribution in [1.82, 2.24) is 0 Å². The number of carbonyl (C=O) groups excluding carboxylic acids is 2. The summed E-state index contributed by atoms with van der Waals surface area (Å²) < 4.78 is 0. The molecule has 0 spiro atoms. The molecule has 2 fully saturated rings. The highest BCUT2D eigenvalue weighted by atomic mass is 16.1. The van der Waals surface area contributed by atoms with E-state index in [1.54, 1.807) is 0 Å². The molecular formula is C28H34O2. The second-order valence-electron chi connectivity index (χ2n) is 9.26. The molecule has 0 bridgehead atoms. The molecule has 2 heteroatoms. The smallest absolute Gasteiger partial charge is 0.163 e. The van der Waals surface area contributed by atoms with Crippen LogP contribution >= 0.6 is 0 Å². The lowest BCUT2D eigenvalue weighted by Gasteiger charge is -2.22. The van der Waals surface area contributed by atoms with Crippen LogP contribution in [0.1, 0.15) is 121 Å². The number of rotatable bonds is 7. The van der Waals surface area contributed by atoms with Crippen molar-refractivity contribution in [2.75, 3.05) is 0 Å². The van der Waals surface area contributed by atoms with Crippen LogP contribution in [0.15, 0.2) is 48.5 Å². The van der Waals surface area contributed by atoms with Gasteiger partial charge in [-0.05, 0) is 48.6 Å². The Bertz CT molecular complexity index is 762. The molecule has 158 valence electrons. The molecule has 0 saturated heterocycles. The summed E-state index contributed by atoms with van der Waals surface area (Å²) in [6.07, 6.45) is 13.6. The van der Waals surface area contributed by atoms with Crippen molar-refractivity contribution in [2.45, 2.75) is 88.9 Å². The maximum atomic E-state index is 12.6. The lowest BCUT2D eigenvalue weighted by atomic mass is 9.83. The fraction of sp³-hybridized carbons (Fsp3) is 0.500. The molecule has 0 heterocycles. The van der Waals surface area contributed by atoms with Gasteiger partial charge in [-0.1, -0.05) is 87.1 Å². The van der Waals surface area contributed by atoms with Gasteiger partial charge in [0.2, 0.25) is 0 Å². The summed E-state index contributed by atoms with van der Waals surface area (Å²) in [7, 11) is 0. The van der Waals surface area contributed by atoms with Gasteiger partial charge < -0.3 is 0 Å². The maximum absolute atomic E-state index is 12.6. The van der Waals surface area contributed by atoms with Crippen molar-refractivity contribution >= 4 is 11.6 Å². The lowest BCUT2D eigenvalue weighted by Crippen LogP contribution is -2.08. The van der Waals surface area contributed by atoms with Gasteiger partial charge in [-0.25, -0.2) is 0 Å². The van der Waals surface area contributed by atoms with Gasteiger partial charge in [0.25, 0.3) is 0 Å². The van der Waals surface area contributed by atoms with Gasteiger partial charge in [0.05, 0.1) is 0 Å². The van der Waals surface area contributed by atoms with E-state index in [4.69, 9.17) is 0 Å². The first-order chi connectivity index (χ1) is 14.7. The molecule has 2 saturated carbocycles. The quantitative estimate of drug-likeness (QED) is 0.446. The molecule has 0 N–H and O–H groups in total. The van der Waals surface area contributed by atoms with Gasteiger partial charge in [0, 0.05) is 24.0 Å². The molecular weight excluding hydrogens is 368 g/mol. The fourth-order valence-corrected chi connectivity index (χ4v) is 5.27. The molecule has 0 atom stereocenters.